The Bertz CT molecular complexity index is 216. The van der Waals surface area contributed by atoms with Crippen molar-refractivity contribution in [1.82, 2.24) is 4.90 Å². The molecule has 4 heteroatoms. The molecule has 1 aliphatic rings. The minimum atomic E-state index is -0.281. The van der Waals surface area contributed by atoms with Crippen LogP contribution in [0.15, 0.2) is 0 Å². The van der Waals surface area contributed by atoms with Crippen molar-refractivity contribution in [3.63, 3.8) is 0 Å². The molecule has 0 aliphatic carbocycles. The van der Waals surface area contributed by atoms with E-state index in [0.29, 0.717) is 12.5 Å². The molecule has 1 rings (SSSR count). The Morgan fingerprint density at radius 1 is 1.53 bits per heavy atom. The van der Waals surface area contributed by atoms with Crippen molar-refractivity contribution < 1.29 is 14.6 Å². The average Bonchev–Trinajstić information content (AvgIpc) is 2.50. The van der Waals surface area contributed by atoms with Crippen LogP contribution < -0.4 is 0 Å². The predicted octanol–water partition coefficient (Wildman–Crippen LogP) is 0.641. The molecule has 1 N–H and O–H groups in total. The number of rotatable bonds is 4. The molecule has 0 aromatic rings. The third-order valence-corrected chi connectivity index (χ3v) is 2.71. The van der Waals surface area contributed by atoms with Gasteiger partial charge in [0.25, 0.3) is 0 Å². The van der Waals surface area contributed by atoms with E-state index in [-0.39, 0.29) is 18.2 Å². The van der Waals surface area contributed by atoms with Crippen molar-refractivity contribution in [2.45, 2.75) is 39.4 Å². The smallest absolute Gasteiger partial charge is 0.320 e. The van der Waals surface area contributed by atoms with Gasteiger partial charge >= 0.3 is 5.97 Å². The number of hydrogen-bond donors (Lipinski definition) is 1. The van der Waals surface area contributed by atoms with Crippen LogP contribution in [0.1, 0.15) is 27.2 Å². The Labute approximate surface area is 91.2 Å². The second-order valence-electron chi connectivity index (χ2n) is 4.56. The number of esters is 1. The van der Waals surface area contributed by atoms with Gasteiger partial charge in [-0.25, -0.2) is 0 Å². The van der Waals surface area contributed by atoms with E-state index < -0.39 is 0 Å². The Morgan fingerprint density at radius 2 is 2.20 bits per heavy atom. The monoisotopic (exact) mass is 215 g/mol. The van der Waals surface area contributed by atoms with Gasteiger partial charge in [0.05, 0.1) is 18.8 Å². The maximum absolute atomic E-state index is 11.4. The lowest BCUT2D eigenvalue weighted by atomic mass is 10.0. The van der Waals surface area contributed by atoms with E-state index >= 15 is 0 Å². The molecule has 0 saturated carbocycles. The van der Waals surface area contributed by atoms with Crippen LogP contribution in [0.4, 0.5) is 0 Å². The molecule has 1 fully saturated rings. The molecule has 0 spiro atoms. The Morgan fingerprint density at radius 3 is 2.67 bits per heavy atom. The summed E-state index contributed by atoms with van der Waals surface area (Å²) in [5.41, 5.74) is 0. The SMILES string of the molecule is CC(C)OC(=O)CN1CCC(C(C)O)C1. The Kier molecular flexibility index (Phi) is 4.54. The van der Waals surface area contributed by atoms with Gasteiger partial charge in [0.15, 0.2) is 0 Å². The van der Waals surface area contributed by atoms with Crippen molar-refractivity contribution in [3.8, 4) is 0 Å². The highest BCUT2D eigenvalue weighted by molar-refractivity contribution is 5.71. The Hall–Kier alpha value is -0.610. The van der Waals surface area contributed by atoms with Gasteiger partial charge in [0, 0.05) is 6.54 Å². The normalized spacial score (nSPS) is 24.5. The maximum atomic E-state index is 11.4. The number of aliphatic hydroxyl groups is 1. The van der Waals surface area contributed by atoms with Gasteiger partial charge in [-0.1, -0.05) is 0 Å². The molecule has 0 amide bonds. The molecule has 15 heavy (non-hydrogen) atoms. The van der Waals surface area contributed by atoms with Crippen molar-refractivity contribution >= 4 is 5.97 Å². The minimum Gasteiger partial charge on any atom is -0.462 e. The third-order valence-electron chi connectivity index (χ3n) is 2.71. The largest absolute Gasteiger partial charge is 0.462 e. The lowest BCUT2D eigenvalue weighted by Gasteiger charge is -2.17. The van der Waals surface area contributed by atoms with Crippen LogP contribution in [0.3, 0.4) is 0 Å². The summed E-state index contributed by atoms with van der Waals surface area (Å²) in [5.74, 6) is 0.132. The predicted molar refractivity (Wildman–Crippen MR) is 57.5 cm³/mol. The van der Waals surface area contributed by atoms with Gasteiger partial charge in [-0.15, -0.1) is 0 Å². The fraction of sp³-hybridized carbons (Fsp3) is 0.909. The quantitative estimate of drug-likeness (QED) is 0.699. The molecule has 1 heterocycles. The topological polar surface area (TPSA) is 49.8 Å². The van der Waals surface area contributed by atoms with Gasteiger partial charge in [-0.05, 0) is 39.7 Å². The molecule has 0 radical (unpaired) electrons. The van der Waals surface area contributed by atoms with Crippen LogP contribution in [0.5, 0.6) is 0 Å². The van der Waals surface area contributed by atoms with Crippen LogP contribution in [0, 0.1) is 5.92 Å². The number of ether oxygens (including phenoxy) is 1. The van der Waals surface area contributed by atoms with Crippen LogP contribution in [-0.4, -0.2) is 47.8 Å². The third kappa shape index (κ3) is 4.18. The summed E-state index contributed by atoms with van der Waals surface area (Å²) in [7, 11) is 0. The molecule has 4 nitrogen and oxygen atoms in total. The summed E-state index contributed by atoms with van der Waals surface area (Å²) in [6.45, 7) is 7.52. The van der Waals surface area contributed by atoms with E-state index in [0.717, 1.165) is 19.5 Å². The van der Waals surface area contributed by atoms with Crippen LogP contribution in [0.2, 0.25) is 0 Å². The molecule has 1 saturated heterocycles. The first-order valence-electron chi connectivity index (χ1n) is 5.59. The van der Waals surface area contributed by atoms with Gasteiger partial charge in [-0.2, -0.15) is 0 Å². The van der Waals surface area contributed by atoms with E-state index in [4.69, 9.17) is 4.74 Å². The first-order valence-corrected chi connectivity index (χ1v) is 5.59. The molecule has 88 valence electrons. The molecular weight excluding hydrogens is 194 g/mol. The van der Waals surface area contributed by atoms with E-state index in [9.17, 15) is 9.90 Å². The van der Waals surface area contributed by atoms with Crippen molar-refractivity contribution in [1.29, 1.82) is 0 Å². The molecule has 0 aromatic carbocycles. The van der Waals surface area contributed by atoms with E-state index in [1.165, 1.54) is 0 Å². The van der Waals surface area contributed by atoms with E-state index in [1.54, 1.807) is 6.92 Å². The summed E-state index contributed by atoms with van der Waals surface area (Å²) < 4.78 is 5.06. The first-order chi connectivity index (χ1) is 6.99. The fourth-order valence-electron chi connectivity index (χ4n) is 1.88. The van der Waals surface area contributed by atoms with Crippen molar-refractivity contribution in [3.05, 3.63) is 0 Å². The van der Waals surface area contributed by atoms with Crippen LogP contribution in [-0.2, 0) is 9.53 Å². The van der Waals surface area contributed by atoms with E-state index in [2.05, 4.69) is 0 Å². The second-order valence-corrected chi connectivity index (χ2v) is 4.56. The summed E-state index contributed by atoms with van der Waals surface area (Å²) in [4.78, 5) is 13.4. The number of carbonyl (C=O) groups excluding carboxylic acids is 1. The standard InChI is InChI=1S/C11H21NO3/c1-8(2)15-11(14)7-12-5-4-10(6-12)9(3)13/h8-10,13H,4-7H2,1-3H3. The van der Waals surface area contributed by atoms with Gasteiger partial charge in [0.1, 0.15) is 0 Å². The lowest BCUT2D eigenvalue weighted by molar-refractivity contribution is -0.148. The zero-order valence-corrected chi connectivity index (χ0v) is 9.77. The number of nitrogens with zero attached hydrogens (tertiary/aromatic N) is 1. The number of aliphatic hydroxyl groups excluding tert-OH is 1. The van der Waals surface area contributed by atoms with Crippen LogP contribution in [0.25, 0.3) is 0 Å². The lowest BCUT2D eigenvalue weighted by Crippen LogP contribution is -2.31. The molecule has 0 aromatic heterocycles. The molecular formula is C11H21NO3. The summed E-state index contributed by atoms with van der Waals surface area (Å²) in [6, 6.07) is 0. The highest BCUT2D eigenvalue weighted by Crippen LogP contribution is 2.19. The highest BCUT2D eigenvalue weighted by Gasteiger charge is 2.27. The average molecular weight is 215 g/mol. The Balaban J connectivity index is 2.27. The second kappa shape index (κ2) is 5.47. The highest BCUT2D eigenvalue weighted by atomic mass is 16.5. The number of likely N-dealkylation sites (tertiary alicyclic amines) is 1. The number of hydrogen-bond acceptors (Lipinski definition) is 4. The summed E-state index contributed by atoms with van der Waals surface area (Å²) in [6.07, 6.45) is 0.635. The maximum Gasteiger partial charge on any atom is 0.320 e. The first kappa shape index (κ1) is 12.5. The summed E-state index contributed by atoms with van der Waals surface area (Å²) >= 11 is 0. The molecule has 2 unspecified atom stereocenters. The molecule has 1 aliphatic heterocycles. The van der Waals surface area contributed by atoms with Crippen molar-refractivity contribution in [2.75, 3.05) is 19.6 Å². The zero-order chi connectivity index (χ0) is 11.4. The zero-order valence-electron chi connectivity index (χ0n) is 9.77. The van der Waals surface area contributed by atoms with Gasteiger partial charge in [-0.3, -0.25) is 9.69 Å². The molecule has 0 bridgehead atoms. The molecule has 2 atom stereocenters. The van der Waals surface area contributed by atoms with Gasteiger partial charge < -0.3 is 9.84 Å². The fourth-order valence-corrected chi connectivity index (χ4v) is 1.88. The van der Waals surface area contributed by atoms with Gasteiger partial charge in [0.2, 0.25) is 0 Å². The van der Waals surface area contributed by atoms with Crippen LogP contribution >= 0.6 is 0 Å². The minimum absolute atomic E-state index is 0.0485. The van der Waals surface area contributed by atoms with Crippen molar-refractivity contribution in [2.24, 2.45) is 5.92 Å². The van der Waals surface area contributed by atoms with E-state index in [1.807, 2.05) is 18.7 Å². The number of carbonyl (C=O) groups is 1. The summed E-state index contributed by atoms with van der Waals surface area (Å²) in [5, 5.41) is 9.41.